The number of aromatic nitrogens is 1. The van der Waals surface area contributed by atoms with E-state index >= 15 is 0 Å². The van der Waals surface area contributed by atoms with Gasteiger partial charge in [0.1, 0.15) is 5.82 Å². The van der Waals surface area contributed by atoms with Crippen LogP contribution in [0.15, 0.2) is 24.4 Å². The summed E-state index contributed by atoms with van der Waals surface area (Å²) in [5.74, 6) is 1.43. The number of pyridine rings is 1. The topological polar surface area (TPSA) is 59.2 Å². The molecule has 0 spiro atoms. The highest BCUT2D eigenvalue weighted by Crippen LogP contribution is 2.09. The Kier molecular flexibility index (Phi) is 5.28. The van der Waals surface area contributed by atoms with Gasteiger partial charge in [-0.2, -0.15) is 11.8 Å². The van der Waals surface area contributed by atoms with Crippen LogP contribution in [0.25, 0.3) is 0 Å². The molecule has 1 rings (SSSR count). The third-order valence-electron chi connectivity index (χ3n) is 2.27. The number of hydrogen-bond donors (Lipinski definition) is 1. The number of amides is 1. The Labute approximate surface area is 100 Å². The van der Waals surface area contributed by atoms with E-state index in [2.05, 4.69) is 4.98 Å². The second-order valence-electron chi connectivity index (χ2n) is 3.47. The first kappa shape index (κ1) is 13.0. The van der Waals surface area contributed by atoms with Gasteiger partial charge in [-0.1, -0.05) is 6.07 Å². The van der Waals surface area contributed by atoms with E-state index in [0.29, 0.717) is 12.2 Å². The first-order valence-electron chi connectivity index (χ1n) is 5.10. The van der Waals surface area contributed by atoms with Crippen molar-refractivity contribution in [2.45, 2.75) is 12.5 Å². The fourth-order valence-electron chi connectivity index (χ4n) is 1.28. The molecule has 0 bridgehead atoms. The monoisotopic (exact) mass is 239 g/mol. The SMILES string of the molecule is CSCC[C@H](N)C(=O)N(C)c1ccccn1. The van der Waals surface area contributed by atoms with E-state index in [1.807, 2.05) is 18.4 Å². The fourth-order valence-corrected chi connectivity index (χ4v) is 1.77. The van der Waals surface area contributed by atoms with Crippen LogP contribution in [0.3, 0.4) is 0 Å². The lowest BCUT2D eigenvalue weighted by molar-refractivity contribution is -0.119. The summed E-state index contributed by atoms with van der Waals surface area (Å²) in [5, 5.41) is 0. The molecule has 1 aromatic rings. The Morgan fingerprint density at radius 2 is 2.38 bits per heavy atom. The van der Waals surface area contributed by atoms with Gasteiger partial charge in [-0.3, -0.25) is 9.69 Å². The van der Waals surface area contributed by atoms with Crippen molar-refractivity contribution in [3.63, 3.8) is 0 Å². The van der Waals surface area contributed by atoms with Gasteiger partial charge in [0, 0.05) is 13.2 Å². The highest BCUT2D eigenvalue weighted by Gasteiger charge is 2.19. The van der Waals surface area contributed by atoms with E-state index in [0.717, 1.165) is 5.75 Å². The highest BCUT2D eigenvalue weighted by molar-refractivity contribution is 7.98. The van der Waals surface area contributed by atoms with Gasteiger partial charge in [0.2, 0.25) is 5.91 Å². The lowest BCUT2D eigenvalue weighted by atomic mass is 10.2. The molecular formula is C11H17N3OS. The summed E-state index contributed by atoms with van der Waals surface area (Å²) in [7, 11) is 1.70. The Hall–Kier alpha value is -1.07. The van der Waals surface area contributed by atoms with Crippen molar-refractivity contribution >= 4 is 23.5 Å². The summed E-state index contributed by atoms with van der Waals surface area (Å²) in [6.07, 6.45) is 4.35. The third kappa shape index (κ3) is 3.50. The van der Waals surface area contributed by atoms with Crippen LogP contribution in [-0.4, -0.2) is 36.0 Å². The van der Waals surface area contributed by atoms with Crippen LogP contribution in [0.5, 0.6) is 0 Å². The molecule has 0 aliphatic carbocycles. The zero-order valence-electron chi connectivity index (χ0n) is 9.59. The van der Waals surface area contributed by atoms with Crippen LogP contribution in [-0.2, 0) is 4.79 Å². The van der Waals surface area contributed by atoms with Crippen LogP contribution in [0.1, 0.15) is 6.42 Å². The molecule has 1 amide bonds. The maximum Gasteiger partial charge on any atom is 0.244 e. The Morgan fingerprint density at radius 3 is 2.94 bits per heavy atom. The minimum Gasteiger partial charge on any atom is -0.320 e. The third-order valence-corrected chi connectivity index (χ3v) is 2.92. The maximum atomic E-state index is 11.9. The van der Waals surface area contributed by atoms with E-state index < -0.39 is 6.04 Å². The van der Waals surface area contributed by atoms with Crippen LogP contribution in [0.2, 0.25) is 0 Å². The summed E-state index contributed by atoms with van der Waals surface area (Å²) < 4.78 is 0. The van der Waals surface area contributed by atoms with Crippen molar-refractivity contribution in [3.8, 4) is 0 Å². The number of rotatable bonds is 5. The summed E-state index contributed by atoms with van der Waals surface area (Å²) in [4.78, 5) is 17.5. The molecule has 5 heteroatoms. The molecule has 0 aliphatic heterocycles. The van der Waals surface area contributed by atoms with Gasteiger partial charge in [-0.25, -0.2) is 4.98 Å². The number of anilines is 1. The number of hydrogen-bond acceptors (Lipinski definition) is 4. The van der Waals surface area contributed by atoms with Gasteiger partial charge in [-0.15, -0.1) is 0 Å². The Morgan fingerprint density at radius 1 is 1.62 bits per heavy atom. The Balaban J connectivity index is 2.60. The van der Waals surface area contributed by atoms with Crippen LogP contribution in [0, 0.1) is 0 Å². The summed E-state index contributed by atoms with van der Waals surface area (Å²) >= 11 is 1.69. The van der Waals surface area contributed by atoms with Gasteiger partial charge in [0.05, 0.1) is 6.04 Å². The average Bonchev–Trinajstić information content (AvgIpc) is 2.35. The first-order valence-corrected chi connectivity index (χ1v) is 6.49. The van der Waals surface area contributed by atoms with E-state index in [1.54, 1.807) is 31.1 Å². The van der Waals surface area contributed by atoms with E-state index in [-0.39, 0.29) is 5.91 Å². The number of thioether (sulfide) groups is 1. The number of nitrogens with two attached hydrogens (primary N) is 1. The predicted molar refractivity (Wildman–Crippen MR) is 68.6 cm³/mol. The number of nitrogens with zero attached hydrogens (tertiary/aromatic N) is 2. The molecule has 0 saturated heterocycles. The van der Waals surface area contributed by atoms with Gasteiger partial charge in [0.25, 0.3) is 0 Å². The second kappa shape index (κ2) is 6.50. The molecule has 0 aromatic carbocycles. The first-order chi connectivity index (χ1) is 7.66. The second-order valence-corrected chi connectivity index (χ2v) is 4.46. The van der Waals surface area contributed by atoms with Crippen LogP contribution < -0.4 is 10.6 Å². The molecule has 1 aromatic heterocycles. The number of carbonyl (C=O) groups excluding carboxylic acids is 1. The molecule has 0 aliphatic rings. The zero-order chi connectivity index (χ0) is 12.0. The number of carbonyl (C=O) groups is 1. The molecule has 1 atom stereocenters. The summed E-state index contributed by atoms with van der Waals surface area (Å²) in [6.45, 7) is 0. The van der Waals surface area contributed by atoms with Gasteiger partial charge < -0.3 is 5.73 Å². The van der Waals surface area contributed by atoms with Crippen molar-refractivity contribution in [2.75, 3.05) is 24.0 Å². The molecule has 0 saturated carbocycles. The quantitative estimate of drug-likeness (QED) is 0.836. The van der Waals surface area contributed by atoms with E-state index in [4.69, 9.17) is 5.73 Å². The van der Waals surface area contributed by atoms with Crippen LogP contribution in [0.4, 0.5) is 5.82 Å². The summed E-state index contributed by atoms with van der Waals surface area (Å²) in [6, 6.07) is 5.01. The van der Waals surface area contributed by atoms with Crippen molar-refractivity contribution in [1.29, 1.82) is 0 Å². The van der Waals surface area contributed by atoms with Crippen molar-refractivity contribution in [2.24, 2.45) is 5.73 Å². The van der Waals surface area contributed by atoms with E-state index in [1.165, 1.54) is 4.90 Å². The molecule has 88 valence electrons. The molecule has 1 heterocycles. The highest BCUT2D eigenvalue weighted by atomic mass is 32.2. The zero-order valence-corrected chi connectivity index (χ0v) is 10.4. The Bertz CT molecular complexity index is 331. The standard InChI is InChI=1S/C11H17N3OS/c1-14(10-5-3-4-7-13-10)11(15)9(12)6-8-16-2/h3-5,7,9H,6,8,12H2,1-2H3/t9-/m0/s1. The van der Waals surface area contributed by atoms with Gasteiger partial charge in [-0.05, 0) is 30.6 Å². The minimum atomic E-state index is -0.445. The predicted octanol–water partition coefficient (Wildman–Crippen LogP) is 1.12. The lowest BCUT2D eigenvalue weighted by Gasteiger charge is -2.20. The maximum absolute atomic E-state index is 11.9. The molecular weight excluding hydrogens is 222 g/mol. The molecule has 16 heavy (non-hydrogen) atoms. The summed E-state index contributed by atoms with van der Waals surface area (Å²) in [5.41, 5.74) is 5.81. The molecule has 4 nitrogen and oxygen atoms in total. The van der Waals surface area contributed by atoms with Gasteiger partial charge >= 0.3 is 0 Å². The molecule has 0 unspecified atom stereocenters. The van der Waals surface area contributed by atoms with Gasteiger partial charge in [0.15, 0.2) is 0 Å². The van der Waals surface area contributed by atoms with Crippen molar-refractivity contribution in [3.05, 3.63) is 24.4 Å². The van der Waals surface area contributed by atoms with E-state index in [9.17, 15) is 4.79 Å². The van der Waals surface area contributed by atoms with Crippen LogP contribution >= 0.6 is 11.8 Å². The average molecular weight is 239 g/mol. The normalized spacial score (nSPS) is 12.2. The molecule has 0 radical (unpaired) electrons. The van der Waals surface area contributed by atoms with Crippen molar-refractivity contribution < 1.29 is 4.79 Å². The number of likely N-dealkylation sites (N-methyl/N-ethyl adjacent to an activating group) is 1. The fraction of sp³-hybridized carbons (Fsp3) is 0.455. The molecule has 0 fully saturated rings. The van der Waals surface area contributed by atoms with Crippen molar-refractivity contribution in [1.82, 2.24) is 4.98 Å². The molecule has 2 N–H and O–H groups in total. The smallest absolute Gasteiger partial charge is 0.244 e. The largest absolute Gasteiger partial charge is 0.320 e. The lowest BCUT2D eigenvalue weighted by Crippen LogP contribution is -2.42. The minimum absolute atomic E-state index is 0.0900.